The van der Waals surface area contributed by atoms with Gasteiger partial charge in [0, 0.05) is 10.9 Å². The molecule has 2 N–H and O–H groups in total. The Morgan fingerprint density at radius 1 is 1.36 bits per heavy atom. The molecule has 2 aromatic rings. The Hall–Kier alpha value is -2.28. The molecule has 0 spiro atoms. The van der Waals surface area contributed by atoms with Gasteiger partial charge in [-0.15, -0.1) is 11.3 Å². The fourth-order valence-corrected chi connectivity index (χ4v) is 2.69. The van der Waals surface area contributed by atoms with Gasteiger partial charge in [0.25, 0.3) is 5.91 Å². The maximum atomic E-state index is 12.9. The molecule has 7 heteroatoms. The van der Waals surface area contributed by atoms with Crippen LogP contribution in [0.3, 0.4) is 0 Å². The molecule has 0 aliphatic rings. The summed E-state index contributed by atoms with van der Waals surface area (Å²) in [5.74, 6) is -1.93. The highest BCUT2D eigenvalue weighted by Gasteiger charge is 2.21. The Bertz CT molecular complexity index is 670. The second-order valence-electron chi connectivity index (χ2n) is 4.70. The number of aromatic nitrogens is 1. The number of carboxylic acids is 1. The van der Waals surface area contributed by atoms with E-state index in [1.54, 1.807) is 17.5 Å². The number of aliphatic carboxylic acids is 1. The van der Waals surface area contributed by atoms with Gasteiger partial charge in [-0.2, -0.15) is 0 Å². The van der Waals surface area contributed by atoms with Gasteiger partial charge in [0.2, 0.25) is 0 Å². The van der Waals surface area contributed by atoms with Crippen LogP contribution in [0.1, 0.15) is 30.3 Å². The van der Waals surface area contributed by atoms with Gasteiger partial charge in [0.05, 0.1) is 0 Å². The normalized spacial score (nSPS) is 11.9. The molecule has 116 valence electrons. The van der Waals surface area contributed by atoms with Crippen molar-refractivity contribution in [3.05, 3.63) is 41.2 Å². The zero-order valence-corrected chi connectivity index (χ0v) is 12.7. The van der Waals surface area contributed by atoms with Gasteiger partial charge < -0.3 is 10.4 Å². The fourth-order valence-electron chi connectivity index (χ4n) is 1.88. The summed E-state index contributed by atoms with van der Waals surface area (Å²) >= 11 is 1.24. The lowest BCUT2D eigenvalue weighted by molar-refractivity contribution is -0.139. The standard InChI is InChI=1S/C15H15FN2O3S/c1-2-3-11(15(20)21)17-13(19)12-8-22-14(18-12)9-4-6-10(16)7-5-9/h4-8,11H,2-3H2,1H3,(H,17,19)(H,20,21). The van der Waals surface area contributed by atoms with Crippen LogP contribution in [-0.2, 0) is 4.79 Å². The number of rotatable bonds is 6. The number of nitrogens with one attached hydrogen (secondary N) is 1. The first-order valence-corrected chi connectivity index (χ1v) is 7.64. The van der Waals surface area contributed by atoms with Crippen LogP contribution in [0, 0.1) is 5.82 Å². The van der Waals surface area contributed by atoms with Crippen molar-refractivity contribution in [2.24, 2.45) is 0 Å². The van der Waals surface area contributed by atoms with Crippen molar-refractivity contribution in [3.8, 4) is 10.6 Å². The van der Waals surface area contributed by atoms with E-state index in [2.05, 4.69) is 10.3 Å². The number of benzene rings is 1. The summed E-state index contributed by atoms with van der Waals surface area (Å²) in [6.07, 6.45) is 1.01. The molecule has 1 aromatic carbocycles. The van der Waals surface area contributed by atoms with E-state index in [1.165, 1.54) is 23.5 Å². The Morgan fingerprint density at radius 2 is 2.05 bits per heavy atom. The largest absolute Gasteiger partial charge is 0.480 e. The second-order valence-corrected chi connectivity index (χ2v) is 5.56. The molecule has 0 fully saturated rings. The van der Waals surface area contributed by atoms with Gasteiger partial charge in [-0.25, -0.2) is 14.2 Å². The molecule has 1 heterocycles. The fraction of sp³-hybridized carbons (Fsp3) is 0.267. The molecule has 5 nitrogen and oxygen atoms in total. The van der Waals surface area contributed by atoms with Crippen molar-refractivity contribution in [2.45, 2.75) is 25.8 Å². The van der Waals surface area contributed by atoms with E-state index in [0.717, 1.165) is 0 Å². The number of nitrogens with zero attached hydrogens (tertiary/aromatic N) is 1. The maximum absolute atomic E-state index is 12.9. The number of carboxylic acid groups (broad SMARTS) is 1. The lowest BCUT2D eigenvalue weighted by Crippen LogP contribution is -2.40. The predicted molar refractivity (Wildman–Crippen MR) is 81.3 cm³/mol. The number of carbonyl (C=O) groups excluding carboxylic acids is 1. The summed E-state index contributed by atoms with van der Waals surface area (Å²) < 4.78 is 12.9. The van der Waals surface area contributed by atoms with Crippen LogP contribution in [0.4, 0.5) is 4.39 Å². The monoisotopic (exact) mass is 322 g/mol. The average Bonchev–Trinajstić information content (AvgIpc) is 2.97. The van der Waals surface area contributed by atoms with Crippen LogP contribution in [0.25, 0.3) is 10.6 Å². The molecule has 0 aliphatic heterocycles. The van der Waals surface area contributed by atoms with Crippen molar-refractivity contribution in [1.82, 2.24) is 10.3 Å². The molecule has 0 radical (unpaired) electrons. The first-order valence-electron chi connectivity index (χ1n) is 6.76. The zero-order chi connectivity index (χ0) is 16.1. The summed E-state index contributed by atoms with van der Waals surface area (Å²) in [6.45, 7) is 1.84. The number of hydrogen-bond donors (Lipinski definition) is 2. The molecule has 22 heavy (non-hydrogen) atoms. The first-order chi connectivity index (χ1) is 10.5. The quantitative estimate of drug-likeness (QED) is 0.857. The predicted octanol–water partition coefficient (Wildman–Crippen LogP) is 2.93. The summed E-state index contributed by atoms with van der Waals surface area (Å²) in [4.78, 5) is 27.3. The van der Waals surface area contributed by atoms with E-state index in [1.807, 2.05) is 6.92 Å². The third-order valence-electron chi connectivity index (χ3n) is 3.01. The highest BCUT2D eigenvalue weighted by molar-refractivity contribution is 7.13. The minimum absolute atomic E-state index is 0.159. The van der Waals surface area contributed by atoms with Gasteiger partial charge in [-0.3, -0.25) is 4.79 Å². The van der Waals surface area contributed by atoms with Crippen LogP contribution >= 0.6 is 11.3 Å². The van der Waals surface area contributed by atoms with Crippen molar-refractivity contribution in [2.75, 3.05) is 0 Å². The van der Waals surface area contributed by atoms with Crippen LogP contribution in [0.2, 0.25) is 0 Å². The highest BCUT2D eigenvalue weighted by Crippen LogP contribution is 2.23. The van der Waals surface area contributed by atoms with Crippen molar-refractivity contribution >= 4 is 23.2 Å². The number of hydrogen-bond acceptors (Lipinski definition) is 4. The highest BCUT2D eigenvalue weighted by atomic mass is 32.1. The molecular formula is C15H15FN2O3S. The van der Waals surface area contributed by atoms with E-state index in [-0.39, 0.29) is 11.5 Å². The molecule has 1 aromatic heterocycles. The molecule has 2 rings (SSSR count). The smallest absolute Gasteiger partial charge is 0.326 e. The Balaban J connectivity index is 2.11. The molecule has 1 amide bonds. The van der Waals surface area contributed by atoms with Gasteiger partial charge in [-0.05, 0) is 30.7 Å². The lowest BCUT2D eigenvalue weighted by atomic mass is 10.1. The summed E-state index contributed by atoms with van der Waals surface area (Å²) in [5, 5.41) is 13.6. The molecule has 1 atom stereocenters. The number of carbonyl (C=O) groups is 2. The van der Waals surface area contributed by atoms with Crippen molar-refractivity contribution in [1.29, 1.82) is 0 Å². The summed E-state index contributed by atoms with van der Waals surface area (Å²) in [6, 6.07) is 4.87. The second kappa shape index (κ2) is 7.13. The average molecular weight is 322 g/mol. The van der Waals surface area contributed by atoms with Crippen LogP contribution in [-0.4, -0.2) is 28.0 Å². The molecule has 0 aliphatic carbocycles. The molecule has 0 saturated carbocycles. The van der Waals surface area contributed by atoms with E-state index < -0.39 is 17.9 Å². The number of amides is 1. The number of halogens is 1. The van der Waals surface area contributed by atoms with Gasteiger partial charge >= 0.3 is 5.97 Å². The lowest BCUT2D eigenvalue weighted by Gasteiger charge is -2.12. The van der Waals surface area contributed by atoms with Gasteiger partial charge in [0.1, 0.15) is 22.6 Å². The van der Waals surface area contributed by atoms with Crippen LogP contribution in [0.15, 0.2) is 29.6 Å². The van der Waals surface area contributed by atoms with Crippen molar-refractivity contribution in [3.63, 3.8) is 0 Å². The van der Waals surface area contributed by atoms with E-state index in [9.17, 15) is 14.0 Å². The first kappa shape index (κ1) is 16.1. The number of thiazole rings is 1. The minimum Gasteiger partial charge on any atom is -0.480 e. The van der Waals surface area contributed by atoms with Gasteiger partial charge in [0.15, 0.2) is 0 Å². The maximum Gasteiger partial charge on any atom is 0.326 e. The minimum atomic E-state index is -1.07. The van der Waals surface area contributed by atoms with E-state index in [0.29, 0.717) is 23.4 Å². The Morgan fingerprint density at radius 3 is 2.64 bits per heavy atom. The molecule has 1 unspecified atom stereocenters. The third-order valence-corrected chi connectivity index (χ3v) is 3.90. The molecule has 0 saturated heterocycles. The SMILES string of the molecule is CCCC(NC(=O)c1csc(-c2ccc(F)cc2)n1)C(=O)O. The summed E-state index contributed by atoms with van der Waals surface area (Å²) in [7, 11) is 0. The molecular weight excluding hydrogens is 307 g/mol. The Labute approximate surface area is 130 Å². The third kappa shape index (κ3) is 3.88. The zero-order valence-electron chi connectivity index (χ0n) is 11.9. The van der Waals surface area contributed by atoms with Gasteiger partial charge in [-0.1, -0.05) is 13.3 Å². The Kier molecular flexibility index (Phi) is 5.21. The van der Waals surface area contributed by atoms with Crippen LogP contribution in [0.5, 0.6) is 0 Å². The van der Waals surface area contributed by atoms with Crippen molar-refractivity contribution < 1.29 is 19.1 Å². The van der Waals surface area contributed by atoms with Crippen LogP contribution < -0.4 is 5.32 Å². The molecule has 0 bridgehead atoms. The van der Waals surface area contributed by atoms with E-state index in [4.69, 9.17) is 5.11 Å². The summed E-state index contributed by atoms with van der Waals surface area (Å²) in [5.41, 5.74) is 0.862. The van der Waals surface area contributed by atoms with E-state index >= 15 is 0 Å². The topological polar surface area (TPSA) is 79.3 Å².